The van der Waals surface area contributed by atoms with Crippen molar-refractivity contribution >= 4 is 0 Å². The zero-order valence-corrected chi connectivity index (χ0v) is 8.40. The molecule has 0 fully saturated rings. The third kappa shape index (κ3) is 3.25. The molecule has 1 rings (SSSR count). The van der Waals surface area contributed by atoms with Crippen molar-refractivity contribution < 1.29 is 0 Å². The third-order valence-corrected chi connectivity index (χ3v) is 2.56. The summed E-state index contributed by atoms with van der Waals surface area (Å²) in [6.45, 7) is 8.39. The molecule has 0 nitrogen and oxygen atoms in total. The zero-order chi connectivity index (χ0) is 8.97. The van der Waals surface area contributed by atoms with E-state index in [1.807, 2.05) is 0 Å². The summed E-state index contributed by atoms with van der Waals surface area (Å²) in [6, 6.07) is 0. The van der Waals surface area contributed by atoms with Crippen LogP contribution in [0.5, 0.6) is 0 Å². The van der Waals surface area contributed by atoms with E-state index in [1.165, 1.54) is 37.7 Å². The van der Waals surface area contributed by atoms with E-state index < -0.39 is 0 Å². The van der Waals surface area contributed by atoms with E-state index in [4.69, 9.17) is 0 Å². The molecular formula is C12H20. The van der Waals surface area contributed by atoms with E-state index >= 15 is 0 Å². The minimum Gasteiger partial charge on any atom is -0.100 e. The van der Waals surface area contributed by atoms with E-state index in [9.17, 15) is 0 Å². The first kappa shape index (κ1) is 9.57. The maximum atomic E-state index is 3.99. The average Bonchev–Trinajstić information content (AvgIpc) is 2.12. The van der Waals surface area contributed by atoms with Crippen LogP contribution in [0.4, 0.5) is 0 Å². The van der Waals surface area contributed by atoms with Crippen LogP contribution in [0.15, 0.2) is 23.8 Å². The predicted octanol–water partition coefficient (Wildman–Crippen LogP) is 4.09. The van der Waals surface area contributed by atoms with Gasteiger partial charge in [0.1, 0.15) is 0 Å². The van der Waals surface area contributed by atoms with Crippen molar-refractivity contribution in [3.05, 3.63) is 23.8 Å². The molecule has 0 aliphatic heterocycles. The van der Waals surface area contributed by atoms with Crippen molar-refractivity contribution in [2.75, 3.05) is 0 Å². The average molecular weight is 164 g/mol. The first-order valence-corrected chi connectivity index (χ1v) is 4.98. The normalized spacial score (nSPS) is 24.5. The fourth-order valence-corrected chi connectivity index (χ4v) is 2.06. The molecule has 0 aromatic rings. The highest BCUT2D eigenvalue weighted by Gasteiger charge is 2.11. The van der Waals surface area contributed by atoms with E-state index in [1.54, 1.807) is 5.57 Å². The molecule has 0 N–H and O–H groups in total. The quantitative estimate of drug-likeness (QED) is 0.539. The van der Waals surface area contributed by atoms with Crippen LogP contribution < -0.4 is 0 Å². The number of hydrogen-bond acceptors (Lipinski definition) is 0. The van der Waals surface area contributed by atoms with Crippen LogP contribution in [-0.4, -0.2) is 0 Å². The van der Waals surface area contributed by atoms with Crippen LogP contribution in [0.25, 0.3) is 0 Å². The molecule has 0 unspecified atom stereocenters. The van der Waals surface area contributed by atoms with Gasteiger partial charge in [-0.3, -0.25) is 0 Å². The highest BCUT2D eigenvalue weighted by atomic mass is 14.2. The van der Waals surface area contributed by atoms with E-state index in [2.05, 4.69) is 26.5 Å². The van der Waals surface area contributed by atoms with Gasteiger partial charge in [-0.05, 0) is 51.9 Å². The van der Waals surface area contributed by atoms with Crippen LogP contribution in [0.3, 0.4) is 0 Å². The van der Waals surface area contributed by atoms with Crippen molar-refractivity contribution in [1.29, 1.82) is 0 Å². The second-order valence-electron chi connectivity index (χ2n) is 4.21. The van der Waals surface area contributed by atoms with Gasteiger partial charge in [0.15, 0.2) is 0 Å². The van der Waals surface area contributed by atoms with Gasteiger partial charge < -0.3 is 0 Å². The lowest BCUT2D eigenvalue weighted by Crippen LogP contribution is -1.99. The summed E-state index contributed by atoms with van der Waals surface area (Å²) in [4.78, 5) is 0. The monoisotopic (exact) mass is 164 g/mol. The molecule has 1 aliphatic rings. The van der Waals surface area contributed by atoms with Gasteiger partial charge in [-0.15, -0.1) is 6.58 Å². The van der Waals surface area contributed by atoms with Crippen LogP contribution in [0.1, 0.15) is 46.0 Å². The molecular weight excluding hydrogens is 144 g/mol. The standard InChI is InChI=1S/C12H20/c1-10(2)8-12-7-5-4-6-11(3)9-12/h6,12H,1,4-5,7-9H2,2-3H3/t12-/m0/s1. The molecule has 1 aliphatic carbocycles. The van der Waals surface area contributed by atoms with Gasteiger partial charge in [0.25, 0.3) is 0 Å². The maximum absolute atomic E-state index is 3.99. The van der Waals surface area contributed by atoms with Gasteiger partial charge in [0.05, 0.1) is 0 Å². The Balaban J connectivity index is 2.44. The second kappa shape index (κ2) is 4.49. The van der Waals surface area contributed by atoms with E-state index in [0.717, 1.165) is 5.92 Å². The third-order valence-electron chi connectivity index (χ3n) is 2.56. The first-order chi connectivity index (χ1) is 5.68. The summed E-state index contributed by atoms with van der Waals surface area (Å²) in [5.74, 6) is 0.876. The van der Waals surface area contributed by atoms with Crippen LogP contribution >= 0.6 is 0 Å². The van der Waals surface area contributed by atoms with Gasteiger partial charge in [0, 0.05) is 0 Å². The van der Waals surface area contributed by atoms with Crippen LogP contribution in [-0.2, 0) is 0 Å². The zero-order valence-electron chi connectivity index (χ0n) is 8.40. The van der Waals surface area contributed by atoms with Gasteiger partial charge >= 0.3 is 0 Å². The highest BCUT2D eigenvalue weighted by Crippen LogP contribution is 2.27. The largest absolute Gasteiger partial charge is 0.100 e. The number of rotatable bonds is 2. The van der Waals surface area contributed by atoms with Crippen molar-refractivity contribution in [2.24, 2.45) is 5.92 Å². The SMILES string of the molecule is C=C(C)C[C@@H]1CCCC=C(C)C1. The number of allylic oxidation sites excluding steroid dienone is 3. The fraction of sp³-hybridized carbons (Fsp3) is 0.667. The van der Waals surface area contributed by atoms with Gasteiger partial charge in [-0.2, -0.15) is 0 Å². The lowest BCUT2D eigenvalue weighted by Gasteiger charge is -2.14. The molecule has 0 aromatic carbocycles. The highest BCUT2D eigenvalue weighted by molar-refractivity contribution is 5.03. The van der Waals surface area contributed by atoms with Crippen molar-refractivity contribution in [3.8, 4) is 0 Å². The Labute approximate surface area is 76.4 Å². The number of hydrogen-bond donors (Lipinski definition) is 0. The molecule has 0 heterocycles. The minimum atomic E-state index is 0.876. The lowest BCUT2D eigenvalue weighted by molar-refractivity contribution is 0.475. The molecule has 0 amide bonds. The first-order valence-electron chi connectivity index (χ1n) is 4.98. The maximum Gasteiger partial charge on any atom is -0.0292 e. The van der Waals surface area contributed by atoms with Gasteiger partial charge in [-0.1, -0.05) is 17.2 Å². The molecule has 0 radical (unpaired) electrons. The molecule has 1 atom stereocenters. The molecule has 0 aromatic heterocycles. The Bertz CT molecular complexity index is 186. The molecule has 0 saturated heterocycles. The topological polar surface area (TPSA) is 0 Å². The van der Waals surface area contributed by atoms with Crippen molar-refractivity contribution in [3.63, 3.8) is 0 Å². The summed E-state index contributed by atoms with van der Waals surface area (Å²) < 4.78 is 0. The second-order valence-corrected chi connectivity index (χ2v) is 4.21. The Morgan fingerprint density at radius 3 is 3.08 bits per heavy atom. The fourth-order valence-electron chi connectivity index (χ4n) is 2.06. The summed E-state index contributed by atoms with van der Waals surface area (Å²) in [6.07, 6.45) is 8.98. The lowest BCUT2D eigenvalue weighted by atomic mass is 9.92. The Hall–Kier alpha value is -0.520. The van der Waals surface area contributed by atoms with E-state index in [0.29, 0.717) is 0 Å². The van der Waals surface area contributed by atoms with Gasteiger partial charge in [-0.25, -0.2) is 0 Å². The summed E-state index contributed by atoms with van der Waals surface area (Å²) in [5, 5.41) is 0. The van der Waals surface area contributed by atoms with Crippen molar-refractivity contribution in [2.45, 2.75) is 46.0 Å². The van der Waals surface area contributed by atoms with Gasteiger partial charge in [0.2, 0.25) is 0 Å². The Morgan fingerprint density at radius 1 is 1.67 bits per heavy atom. The molecule has 0 saturated carbocycles. The molecule has 0 heteroatoms. The van der Waals surface area contributed by atoms with Crippen LogP contribution in [0, 0.1) is 5.92 Å². The van der Waals surface area contributed by atoms with E-state index in [-0.39, 0.29) is 0 Å². The predicted molar refractivity (Wildman–Crippen MR) is 55.1 cm³/mol. The Morgan fingerprint density at radius 2 is 2.42 bits per heavy atom. The smallest absolute Gasteiger partial charge is 0.0292 e. The minimum absolute atomic E-state index is 0.876. The van der Waals surface area contributed by atoms with Crippen molar-refractivity contribution in [1.82, 2.24) is 0 Å². The molecule has 0 spiro atoms. The summed E-state index contributed by atoms with van der Waals surface area (Å²) in [5.41, 5.74) is 2.92. The molecule has 68 valence electrons. The molecule has 0 bridgehead atoms. The Kier molecular flexibility index (Phi) is 3.58. The molecule has 12 heavy (non-hydrogen) atoms. The van der Waals surface area contributed by atoms with Crippen LogP contribution in [0.2, 0.25) is 0 Å². The summed E-state index contributed by atoms with van der Waals surface area (Å²) in [7, 11) is 0. The summed E-state index contributed by atoms with van der Waals surface area (Å²) >= 11 is 0.